The summed E-state index contributed by atoms with van der Waals surface area (Å²) in [5.41, 5.74) is 2.48. The first-order valence-electron chi connectivity index (χ1n) is 5.93. The predicted molar refractivity (Wildman–Crippen MR) is 76.4 cm³/mol. The summed E-state index contributed by atoms with van der Waals surface area (Å²) in [7, 11) is 1.99. The van der Waals surface area contributed by atoms with Crippen molar-refractivity contribution in [3.63, 3.8) is 0 Å². The average molecular weight is 306 g/mol. The van der Waals surface area contributed by atoms with Gasteiger partial charge in [0, 0.05) is 35.3 Å². The molecule has 1 N–H and O–H groups in total. The molecule has 0 aliphatic rings. The Morgan fingerprint density at radius 2 is 1.94 bits per heavy atom. The van der Waals surface area contributed by atoms with Crippen LogP contribution in [0.4, 0.5) is 0 Å². The zero-order valence-corrected chi connectivity index (χ0v) is 11.9. The number of rotatable bonds is 5. The molecule has 3 nitrogen and oxygen atoms in total. The third-order valence-corrected chi connectivity index (χ3v) is 3.29. The molecule has 0 fully saturated rings. The van der Waals surface area contributed by atoms with Crippen LogP contribution in [0, 0.1) is 0 Å². The van der Waals surface area contributed by atoms with Crippen LogP contribution >= 0.6 is 15.9 Å². The smallest absolute Gasteiger partial charge is 0.0410 e. The highest BCUT2D eigenvalue weighted by Gasteiger charge is 2.09. The topological polar surface area (TPSA) is 37.8 Å². The molecular weight excluding hydrogens is 290 g/mol. The Bertz CT molecular complexity index is 487. The van der Waals surface area contributed by atoms with E-state index in [2.05, 4.69) is 43.3 Å². The molecule has 0 bridgehead atoms. The monoisotopic (exact) mass is 305 g/mol. The predicted octanol–water partition coefficient (Wildman–Crippen LogP) is 2.61. The molecule has 0 aromatic carbocycles. The van der Waals surface area contributed by atoms with E-state index >= 15 is 0 Å². The van der Waals surface area contributed by atoms with Crippen LogP contribution in [-0.4, -0.2) is 23.1 Å². The molecule has 0 radical (unpaired) electrons. The molecule has 1 atom stereocenters. The third-order valence-electron chi connectivity index (χ3n) is 2.86. The average Bonchev–Trinajstić information content (AvgIpc) is 2.39. The van der Waals surface area contributed by atoms with Gasteiger partial charge in [0.1, 0.15) is 0 Å². The fourth-order valence-electron chi connectivity index (χ4n) is 1.93. The van der Waals surface area contributed by atoms with Crippen molar-refractivity contribution in [2.45, 2.75) is 18.9 Å². The molecule has 2 aromatic heterocycles. The van der Waals surface area contributed by atoms with Gasteiger partial charge in [-0.05, 0) is 59.1 Å². The fraction of sp³-hybridized carbons (Fsp3) is 0.286. The second-order valence-electron chi connectivity index (χ2n) is 4.27. The highest BCUT2D eigenvalue weighted by molar-refractivity contribution is 9.10. The summed E-state index contributed by atoms with van der Waals surface area (Å²) >= 11 is 3.45. The lowest BCUT2D eigenvalue weighted by atomic mass is 10.0. The summed E-state index contributed by atoms with van der Waals surface area (Å²) in [6, 6.07) is 6.59. The van der Waals surface area contributed by atoms with Gasteiger partial charge in [0.2, 0.25) is 0 Å². The quantitative estimate of drug-likeness (QED) is 0.923. The van der Waals surface area contributed by atoms with Crippen molar-refractivity contribution in [3.8, 4) is 0 Å². The van der Waals surface area contributed by atoms with Crippen LogP contribution in [0.15, 0.2) is 47.5 Å². The van der Waals surface area contributed by atoms with Crippen molar-refractivity contribution < 1.29 is 0 Å². The summed E-state index contributed by atoms with van der Waals surface area (Å²) in [6.45, 7) is 0. The lowest BCUT2D eigenvalue weighted by molar-refractivity contribution is 0.555. The number of aromatic nitrogens is 2. The maximum atomic E-state index is 4.19. The van der Waals surface area contributed by atoms with Gasteiger partial charge in [-0.3, -0.25) is 9.97 Å². The summed E-state index contributed by atoms with van der Waals surface area (Å²) in [5, 5.41) is 3.35. The highest BCUT2D eigenvalue weighted by atomic mass is 79.9. The number of hydrogen-bond acceptors (Lipinski definition) is 3. The van der Waals surface area contributed by atoms with Gasteiger partial charge in [0.05, 0.1) is 0 Å². The van der Waals surface area contributed by atoms with Crippen LogP contribution in [0.1, 0.15) is 11.1 Å². The Balaban J connectivity index is 2.01. The molecule has 94 valence electrons. The normalized spacial score (nSPS) is 12.3. The SMILES string of the molecule is CNC(Cc1cccnc1)Cc1cncc(Br)c1. The summed E-state index contributed by atoms with van der Waals surface area (Å²) in [4.78, 5) is 8.34. The number of nitrogens with one attached hydrogen (secondary N) is 1. The van der Waals surface area contributed by atoms with Gasteiger partial charge in [-0.15, -0.1) is 0 Å². The van der Waals surface area contributed by atoms with Crippen LogP contribution in [0.5, 0.6) is 0 Å². The van der Waals surface area contributed by atoms with E-state index in [0.29, 0.717) is 6.04 Å². The zero-order chi connectivity index (χ0) is 12.8. The van der Waals surface area contributed by atoms with Crippen molar-refractivity contribution in [1.82, 2.24) is 15.3 Å². The lowest BCUT2D eigenvalue weighted by Gasteiger charge is -2.16. The first-order chi connectivity index (χ1) is 8.78. The second kappa shape index (κ2) is 6.61. The molecule has 0 saturated carbocycles. The standard InChI is InChI=1S/C14H16BrN3/c1-16-14(6-11-3-2-4-17-8-11)7-12-5-13(15)10-18-9-12/h2-5,8-10,14,16H,6-7H2,1H3. The minimum atomic E-state index is 0.394. The Hall–Kier alpha value is -1.26. The van der Waals surface area contributed by atoms with E-state index in [1.165, 1.54) is 11.1 Å². The van der Waals surface area contributed by atoms with Gasteiger partial charge in [0.15, 0.2) is 0 Å². The summed E-state index contributed by atoms with van der Waals surface area (Å²) < 4.78 is 1.02. The third kappa shape index (κ3) is 3.89. The molecule has 2 heterocycles. The molecule has 4 heteroatoms. The number of hydrogen-bond donors (Lipinski definition) is 1. The Kier molecular flexibility index (Phi) is 4.84. The second-order valence-corrected chi connectivity index (χ2v) is 5.18. The van der Waals surface area contributed by atoms with Crippen molar-refractivity contribution in [2.24, 2.45) is 0 Å². The first-order valence-corrected chi connectivity index (χ1v) is 6.73. The molecular formula is C14H16BrN3. The first kappa shape index (κ1) is 13.2. The van der Waals surface area contributed by atoms with E-state index in [1.807, 2.05) is 25.5 Å². The fourth-order valence-corrected chi connectivity index (χ4v) is 2.34. The van der Waals surface area contributed by atoms with Crippen LogP contribution in [0.3, 0.4) is 0 Å². The van der Waals surface area contributed by atoms with Crippen molar-refractivity contribution in [3.05, 3.63) is 58.6 Å². The van der Waals surface area contributed by atoms with Gasteiger partial charge in [0.25, 0.3) is 0 Å². The molecule has 0 amide bonds. The number of nitrogens with zero attached hydrogens (tertiary/aromatic N) is 2. The minimum Gasteiger partial charge on any atom is -0.316 e. The summed E-state index contributed by atoms with van der Waals surface area (Å²) in [5.74, 6) is 0. The highest BCUT2D eigenvalue weighted by Crippen LogP contribution is 2.12. The van der Waals surface area contributed by atoms with Gasteiger partial charge >= 0.3 is 0 Å². The maximum Gasteiger partial charge on any atom is 0.0410 e. The van der Waals surface area contributed by atoms with Crippen LogP contribution in [0.25, 0.3) is 0 Å². The lowest BCUT2D eigenvalue weighted by Crippen LogP contribution is -2.30. The molecule has 18 heavy (non-hydrogen) atoms. The largest absolute Gasteiger partial charge is 0.316 e. The number of likely N-dealkylation sites (N-methyl/N-ethyl adjacent to an activating group) is 1. The van der Waals surface area contributed by atoms with E-state index < -0.39 is 0 Å². The van der Waals surface area contributed by atoms with E-state index in [4.69, 9.17) is 0 Å². The maximum absolute atomic E-state index is 4.19. The number of pyridine rings is 2. The molecule has 0 aliphatic carbocycles. The Morgan fingerprint density at radius 3 is 2.61 bits per heavy atom. The molecule has 2 aromatic rings. The zero-order valence-electron chi connectivity index (χ0n) is 10.3. The van der Waals surface area contributed by atoms with Crippen LogP contribution < -0.4 is 5.32 Å². The molecule has 0 aliphatic heterocycles. The molecule has 1 unspecified atom stereocenters. The van der Waals surface area contributed by atoms with Crippen molar-refractivity contribution in [1.29, 1.82) is 0 Å². The Morgan fingerprint density at radius 1 is 1.17 bits per heavy atom. The van der Waals surface area contributed by atoms with Gasteiger partial charge < -0.3 is 5.32 Å². The molecule has 2 rings (SSSR count). The van der Waals surface area contributed by atoms with Crippen molar-refractivity contribution in [2.75, 3.05) is 7.05 Å². The molecule has 0 saturated heterocycles. The van der Waals surface area contributed by atoms with Gasteiger partial charge in [-0.2, -0.15) is 0 Å². The summed E-state index contributed by atoms with van der Waals surface area (Å²) in [6.07, 6.45) is 9.37. The van der Waals surface area contributed by atoms with E-state index in [0.717, 1.165) is 17.3 Å². The Labute approximate surface area is 116 Å². The van der Waals surface area contributed by atoms with E-state index in [9.17, 15) is 0 Å². The van der Waals surface area contributed by atoms with E-state index in [-0.39, 0.29) is 0 Å². The number of halogens is 1. The van der Waals surface area contributed by atoms with E-state index in [1.54, 1.807) is 12.4 Å². The van der Waals surface area contributed by atoms with Crippen LogP contribution in [0.2, 0.25) is 0 Å². The van der Waals surface area contributed by atoms with Crippen LogP contribution in [-0.2, 0) is 12.8 Å². The van der Waals surface area contributed by atoms with Gasteiger partial charge in [-0.25, -0.2) is 0 Å². The molecule has 0 spiro atoms. The van der Waals surface area contributed by atoms with Crippen molar-refractivity contribution >= 4 is 15.9 Å². The van der Waals surface area contributed by atoms with Gasteiger partial charge in [-0.1, -0.05) is 6.07 Å². The minimum absolute atomic E-state index is 0.394.